The maximum atomic E-state index is 12.6. The maximum absolute atomic E-state index is 12.6. The molecule has 8 nitrogen and oxygen atoms in total. The van der Waals surface area contributed by atoms with E-state index in [1.807, 2.05) is 6.07 Å². The molecule has 0 atom stereocenters. The molecule has 0 unspecified atom stereocenters. The van der Waals surface area contributed by atoms with Gasteiger partial charge in [0.15, 0.2) is 0 Å². The molecule has 2 aromatic heterocycles. The number of aromatic hydroxyl groups is 1. The summed E-state index contributed by atoms with van der Waals surface area (Å²) in [7, 11) is 0. The molecule has 0 aliphatic heterocycles. The van der Waals surface area contributed by atoms with Gasteiger partial charge in [0.2, 0.25) is 5.88 Å². The summed E-state index contributed by atoms with van der Waals surface area (Å²) >= 11 is 0. The molecule has 0 fully saturated rings. The number of nitrogens with zero attached hydrogens (tertiary/aromatic N) is 3. The first-order valence-corrected chi connectivity index (χ1v) is 8.12. The van der Waals surface area contributed by atoms with Gasteiger partial charge >= 0.3 is 0 Å². The number of aromatic amines is 1. The number of benzene rings is 2. The van der Waals surface area contributed by atoms with Gasteiger partial charge in [-0.05, 0) is 30.2 Å². The van der Waals surface area contributed by atoms with Gasteiger partial charge in [-0.1, -0.05) is 30.3 Å². The van der Waals surface area contributed by atoms with Gasteiger partial charge in [0.25, 0.3) is 11.2 Å². The lowest BCUT2D eigenvalue weighted by atomic mass is 10.1. The molecular weight excluding hydrogens is 348 g/mol. The molecule has 2 heterocycles. The van der Waals surface area contributed by atoms with Gasteiger partial charge < -0.3 is 10.1 Å². The summed E-state index contributed by atoms with van der Waals surface area (Å²) < 4.78 is 1.27. The summed E-state index contributed by atoms with van der Waals surface area (Å²) in [4.78, 5) is 25.8. The fourth-order valence-corrected chi connectivity index (χ4v) is 3.13. The van der Waals surface area contributed by atoms with Gasteiger partial charge in [-0.3, -0.25) is 14.9 Å². The molecule has 4 aromatic rings. The van der Waals surface area contributed by atoms with Crippen LogP contribution in [0.3, 0.4) is 0 Å². The zero-order chi connectivity index (χ0) is 19.1. The molecule has 0 bridgehead atoms. The van der Waals surface area contributed by atoms with Gasteiger partial charge in [-0.25, -0.2) is 0 Å². The minimum absolute atomic E-state index is 0.0319. The molecule has 0 spiro atoms. The monoisotopic (exact) mass is 362 g/mol. The van der Waals surface area contributed by atoms with Crippen LogP contribution in [0.2, 0.25) is 0 Å². The standard InChI is InChI=1S/C19H14N4O4/c1-11-15(13-7-9-14(10-8-13)23(26)27)17-20-18(24)16(19(25)22(17)21-11)12-5-3-2-4-6-12/h2-10,25H,1H3,(H,20,24). The molecule has 134 valence electrons. The molecule has 0 saturated heterocycles. The first-order valence-electron chi connectivity index (χ1n) is 8.12. The van der Waals surface area contributed by atoms with Crippen molar-refractivity contribution in [2.75, 3.05) is 0 Å². The van der Waals surface area contributed by atoms with Gasteiger partial charge in [-0.15, -0.1) is 0 Å². The molecule has 0 amide bonds. The van der Waals surface area contributed by atoms with E-state index in [0.717, 1.165) is 0 Å². The summed E-state index contributed by atoms with van der Waals surface area (Å²) in [5.74, 6) is -0.267. The molecule has 0 aliphatic rings. The number of hydrogen-bond acceptors (Lipinski definition) is 5. The van der Waals surface area contributed by atoms with E-state index >= 15 is 0 Å². The van der Waals surface area contributed by atoms with Gasteiger partial charge in [0.05, 0.1) is 10.6 Å². The van der Waals surface area contributed by atoms with E-state index in [4.69, 9.17) is 0 Å². The van der Waals surface area contributed by atoms with Crippen LogP contribution in [0.25, 0.3) is 27.9 Å². The van der Waals surface area contributed by atoms with Gasteiger partial charge in [0, 0.05) is 17.7 Å². The third kappa shape index (κ3) is 2.63. The molecule has 2 N–H and O–H groups in total. The first-order chi connectivity index (χ1) is 13.0. The van der Waals surface area contributed by atoms with Crippen LogP contribution < -0.4 is 5.56 Å². The van der Waals surface area contributed by atoms with E-state index in [2.05, 4.69) is 10.1 Å². The van der Waals surface area contributed by atoms with Crippen molar-refractivity contribution < 1.29 is 10.0 Å². The van der Waals surface area contributed by atoms with Crippen LogP contribution in [0, 0.1) is 17.0 Å². The minimum Gasteiger partial charge on any atom is -0.493 e. The van der Waals surface area contributed by atoms with Crippen molar-refractivity contribution in [2.24, 2.45) is 0 Å². The summed E-state index contributed by atoms with van der Waals surface area (Å²) in [6.45, 7) is 1.74. The quantitative estimate of drug-likeness (QED) is 0.429. The fraction of sp³-hybridized carbons (Fsp3) is 0.0526. The van der Waals surface area contributed by atoms with Crippen LogP contribution in [0.5, 0.6) is 5.88 Å². The van der Waals surface area contributed by atoms with Crippen LogP contribution in [-0.4, -0.2) is 24.6 Å². The van der Waals surface area contributed by atoms with Crippen molar-refractivity contribution in [3.8, 4) is 28.1 Å². The Balaban J connectivity index is 1.96. The molecule has 0 saturated carbocycles. The number of nitrogens with one attached hydrogen (secondary N) is 1. The number of nitro groups is 1. The van der Waals surface area contributed by atoms with E-state index in [1.165, 1.54) is 16.6 Å². The Morgan fingerprint density at radius 2 is 1.67 bits per heavy atom. The number of hydrogen-bond donors (Lipinski definition) is 2. The highest BCUT2D eigenvalue weighted by molar-refractivity contribution is 5.82. The molecule has 27 heavy (non-hydrogen) atoms. The Labute approximate surface area is 152 Å². The van der Waals surface area contributed by atoms with E-state index in [-0.39, 0.29) is 17.1 Å². The van der Waals surface area contributed by atoms with Crippen molar-refractivity contribution in [3.05, 3.63) is 80.8 Å². The predicted molar refractivity (Wildman–Crippen MR) is 99.7 cm³/mol. The van der Waals surface area contributed by atoms with Crippen LogP contribution in [0.15, 0.2) is 59.4 Å². The van der Waals surface area contributed by atoms with E-state index in [0.29, 0.717) is 28.0 Å². The van der Waals surface area contributed by atoms with Gasteiger partial charge in [0.1, 0.15) is 11.2 Å². The third-order valence-corrected chi connectivity index (χ3v) is 4.37. The lowest BCUT2D eigenvalue weighted by Crippen LogP contribution is -2.12. The molecule has 0 radical (unpaired) electrons. The maximum Gasteiger partial charge on any atom is 0.269 e. The topological polar surface area (TPSA) is 114 Å². The average molecular weight is 362 g/mol. The number of rotatable bonds is 3. The summed E-state index contributed by atoms with van der Waals surface area (Å²) in [6, 6.07) is 14.8. The SMILES string of the molecule is Cc1nn2c(O)c(-c3ccccc3)c(=O)[nH]c2c1-c1ccc([N+](=O)[O-])cc1. The van der Waals surface area contributed by atoms with Crippen LogP contribution in [0.4, 0.5) is 5.69 Å². The van der Waals surface area contributed by atoms with E-state index < -0.39 is 10.5 Å². The second kappa shape index (κ2) is 6.10. The van der Waals surface area contributed by atoms with Crippen molar-refractivity contribution >= 4 is 11.3 Å². The van der Waals surface area contributed by atoms with Crippen molar-refractivity contribution in [3.63, 3.8) is 0 Å². The Morgan fingerprint density at radius 3 is 2.30 bits per heavy atom. The molecule has 8 heteroatoms. The Hall–Kier alpha value is -3.94. The summed E-state index contributed by atoms with van der Waals surface area (Å²) in [5.41, 5.74) is 2.35. The minimum atomic E-state index is -0.480. The number of non-ortho nitro benzene ring substituents is 1. The normalized spacial score (nSPS) is 11.0. The Morgan fingerprint density at radius 1 is 1.04 bits per heavy atom. The number of aryl methyl sites for hydroxylation is 1. The summed E-state index contributed by atoms with van der Waals surface area (Å²) in [5, 5.41) is 25.9. The van der Waals surface area contributed by atoms with Crippen molar-refractivity contribution in [2.45, 2.75) is 6.92 Å². The second-order valence-corrected chi connectivity index (χ2v) is 6.04. The Bertz CT molecular complexity index is 1220. The fourth-order valence-electron chi connectivity index (χ4n) is 3.13. The highest BCUT2D eigenvalue weighted by Gasteiger charge is 2.20. The highest BCUT2D eigenvalue weighted by atomic mass is 16.6. The zero-order valence-electron chi connectivity index (χ0n) is 14.2. The largest absolute Gasteiger partial charge is 0.493 e. The van der Waals surface area contributed by atoms with Crippen molar-refractivity contribution in [1.29, 1.82) is 0 Å². The number of fused-ring (bicyclic) bond motifs is 1. The first kappa shape index (κ1) is 16.5. The zero-order valence-corrected chi connectivity index (χ0v) is 14.2. The summed E-state index contributed by atoms with van der Waals surface area (Å²) in [6.07, 6.45) is 0. The lowest BCUT2D eigenvalue weighted by Gasteiger charge is -2.06. The molecule has 0 aliphatic carbocycles. The molecule has 2 aromatic carbocycles. The lowest BCUT2D eigenvalue weighted by molar-refractivity contribution is -0.384. The van der Waals surface area contributed by atoms with Crippen LogP contribution >= 0.6 is 0 Å². The predicted octanol–water partition coefficient (Wildman–Crippen LogP) is 3.28. The number of aromatic nitrogens is 3. The highest BCUT2D eigenvalue weighted by Crippen LogP contribution is 2.32. The third-order valence-electron chi connectivity index (χ3n) is 4.37. The van der Waals surface area contributed by atoms with Gasteiger partial charge in [-0.2, -0.15) is 9.61 Å². The molecule has 4 rings (SSSR count). The average Bonchev–Trinajstić information content (AvgIpc) is 2.99. The van der Waals surface area contributed by atoms with E-state index in [1.54, 1.807) is 43.3 Å². The number of H-pyrrole nitrogens is 1. The smallest absolute Gasteiger partial charge is 0.269 e. The number of nitro benzene ring substituents is 1. The molecular formula is C19H14N4O4. The Kier molecular flexibility index (Phi) is 3.73. The van der Waals surface area contributed by atoms with Crippen molar-refractivity contribution in [1.82, 2.24) is 14.6 Å². The second-order valence-electron chi connectivity index (χ2n) is 6.04. The van der Waals surface area contributed by atoms with Crippen LogP contribution in [-0.2, 0) is 0 Å². The van der Waals surface area contributed by atoms with E-state index in [9.17, 15) is 20.0 Å². The van der Waals surface area contributed by atoms with Crippen LogP contribution in [0.1, 0.15) is 5.69 Å².